The fourth-order valence-electron chi connectivity index (χ4n) is 3.14. The molecule has 0 aliphatic carbocycles. The van der Waals surface area contributed by atoms with E-state index in [1.165, 1.54) is 6.92 Å². The van der Waals surface area contributed by atoms with Crippen molar-refractivity contribution < 1.29 is 29.4 Å². The van der Waals surface area contributed by atoms with Crippen molar-refractivity contribution >= 4 is 23.7 Å². The number of nitrogens with one attached hydrogen (secondary N) is 4. The fourth-order valence-corrected chi connectivity index (χ4v) is 3.14. The van der Waals surface area contributed by atoms with E-state index in [-0.39, 0.29) is 24.9 Å². The predicted octanol–water partition coefficient (Wildman–Crippen LogP) is -1.47. The van der Waals surface area contributed by atoms with Crippen molar-refractivity contribution in [2.75, 3.05) is 13.1 Å². The van der Waals surface area contributed by atoms with Gasteiger partial charge in [0.1, 0.15) is 12.1 Å². The first kappa shape index (κ1) is 23.3. The molecular weight excluding hydrogens is 392 g/mol. The molecule has 30 heavy (non-hydrogen) atoms. The van der Waals surface area contributed by atoms with Gasteiger partial charge in [-0.05, 0) is 31.9 Å². The van der Waals surface area contributed by atoms with Crippen LogP contribution in [-0.2, 0) is 25.6 Å². The molecule has 1 aromatic carbocycles. The third kappa shape index (κ3) is 7.12. The van der Waals surface area contributed by atoms with Gasteiger partial charge in [-0.15, -0.1) is 0 Å². The van der Waals surface area contributed by atoms with Crippen LogP contribution in [0.25, 0.3) is 0 Å². The molecule has 6 N–H and O–H groups in total. The molecule has 3 amide bonds. The third-order valence-corrected chi connectivity index (χ3v) is 4.78. The van der Waals surface area contributed by atoms with Gasteiger partial charge < -0.3 is 31.5 Å². The summed E-state index contributed by atoms with van der Waals surface area (Å²) in [5, 5.41) is 29.5. The zero-order chi connectivity index (χ0) is 22.1. The quantitative estimate of drug-likeness (QED) is 0.270. The molecule has 0 bridgehead atoms. The number of benzene rings is 1. The molecule has 1 aliphatic rings. The molecule has 2 rings (SSSR count). The van der Waals surface area contributed by atoms with Crippen LogP contribution in [-0.4, -0.2) is 71.2 Å². The summed E-state index contributed by atoms with van der Waals surface area (Å²) in [6.07, 6.45) is 0.339. The van der Waals surface area contributed by atoms with Crippen molar-refractivity contribution in [3.8, 4) is 0 Å². The summed E-state index contributed by atoms with van der Waals surface area (Å²) < 4.78 is 0. The molecule has 4 unspecified atom stereocenters. The van der Waals surface area contributed by atoms with Gasteiger partial charge in [-0.1, -0.05) is 30.3 Å². The predicted molar refractivity (Wildman–Crippen MR) is 107 cm³/mol. The summed E-state index contributed by atoms with van der Waals surface area (Å²) in [5.41, 5.74) is 0.714. The van der Waals surface area contributed by atoms with Crippen molar-refractivity contribution in [2.24, 2.45) is 0 Å². The Morgan fingerprint density at radius 2 is 1.87 bits per heavy atom. The van der Waals surface area contributed by atoms with E-state index in [0.29, 0.717) is 12.0 Å². The Morgan fingerprint density at radius 1 is 1.17 bits per heavy atom. The molecular formula is C20H28N4O6. The lowest BCUT2D eigenvalue weighted by Crippen LogP contribution is -2.57. The number of amides is 3. The van der Waals surface area contributed by atoms with Crippen LogP contribution in [0.3, 0.4) is 0 Å². The van der Waals surface area contributed by atoms with Crippen LogP contribution in [0.4, 0.5) is 0 Å². The Bertz CT molecular complexity index is 749. The summed E-state index contributed by atoms with van der Waals surface area (Å²) in [7, 11) is 0. The molecule has 10 heteroatoms. The van der Waals surface area contributed by atoms with E-state index in [1.54, 1.807) is 30.3 Å². The van der Waals surface area contributed by atoms with E-state index in [2.05, 4.69) is 21.3 Å². The Labute approximate surface area is 174 Å². The van der Waals surface area contributed by atoms with Gasteiger partial charge in [-0.25, -0.2) is 4.79 Å². The molecule has 0 radical (unpaired) electrons. The minimum atomic E-state index is -1.36. The van der Waals surface area contributed by atoms with Crippen LogP contribution in [0.15, 0.2) is 30.3 Å². The molecule has 0 spiro atoms. The largest absolute Gasteiger partial charge is 0.480 e. The maximum absolute atomic E-state index is 12.5. The Kier molecular flexibility index (Phi) is 8.75. The molecule has 1 fully saturated rings. The highest BCUT2D eigenvalue weighted by Crippen LogP contribution is 2.05. The first-order chi connectivity index (χ1) is 14.3. The molecule has 10 nitrogen and oxygen atoms in total. The second-order valence-corrected chi connectivity index (χ2v) is 7.24. The standard InChI is InChI=1S/C20H28N4O6/c1-12(25)17(24-16(26)11-22-18(27)14-8-5-9-21-14)19(28)23-15(20(29)30)10-13-6-3-2-4-7-13/h2-4,6-7,12,14-15,17,21,25H,5,8-11H2,1H3,(H,22,27)(H,23,28)(H,24,26)(H,29,30). The van der Waals surface area contributed by atoms with Gasteiger partial charge in [0, 0.05) is 6.42 Å². The van der Waals surface area contributed by atoms with Crippen LogP contribution in [0.1, 0.15) is 25.3 Å². The number of aliphatic carboxylic acids is 1. The molecule has 0 saturated carbocycles. The average molecular weight is 420 g/mol. The zero-order valence-electron chi connectivity index (χ0n) is 16.8. The van der Waals surface area contributed by atoms with Gasteiger partial charge >= 0.3 is 5.97 Å². The van der Waals surface area contributed by atoms with E-state index in [0.717, 1.165) is 13.0 Å². The Balaban J connectivity index is 1.91. The van der Waals surface area contributed by atoms with E-state index >= 15 is 0 Å². The summed E-state index contributed by atoms with van der Waals surface area (Å²) in [6, 6.07) is 5.83. The first-order valence-electron chi connectivity index (χ1n) is 9.83. The second-order valence-electron chi connectivity index (χ2n) is 7.24. The van der Waals surface area contributed by atoms with Gasteiger partial charge in [0.05, 0.1) is 18.7 Å². The van der Waals surface area contributed by atoms with Crippen LogP contribution < -0.4 is 21.3 Å². The zero-order valence-corrected chi connectivity index (χ0v) is 16.8. The lowest BCUT2D eigenvalue weighted by Gasteiger charge is -2.23. The van der Waals surface area contributed by atoms with Gasteiger partial charge in [0.25, 0.3) is 0 Å². The van der Waals surface area contributed by atoms with Gasteiger partial charge in [0.15, 0.2) is 0 Å². The number of carbonyl (C=O) groups excluding carboxylic acids is 3. The van der Waals surface area contributed by atoms with Crippen LogP contribution in [0.2, 0.25) is 0 Å². The van der Waals surface area contributed by atoms with E-state index < -0.39 is 36.0 Å². The maximum atomic E-state index is 12.5. The summed E-state index contributed by atoms with van der Waals surface area (Å²) in [4.78, 5) is 48.2. The molecule has 1 saturated heterocycles. The number of aliphatic hydroxyl groups excluding tert-OH is 1. The third-order valence-electron chi connectivity index (χ3n) is 4.78. The molecule has 1 heterocycles. The molecule has 164 valence electrons. The van der Waals surface area contributed by atoms with Crippen molar-refractivity contribution in [1.82, 2.24) is 21.3 Å². The molecule has 1 aromatic rings. The van der Waals surface area contributed by atoms with Crippen molar-refractivity contribution in [3.05, 3.63) is 35.9 Å². The number of aliphatic hydroxyl groups is 1. The number of rotatable bonds is 10. The maximum Gasteiger partial charge on any atom is 0.326 e. The minimum absolute atomic E-state index is 0.0484. The molecule has 1 aliphatic heterocycles. The number of carbonyl (C=O) groups is 4. The highest BCUT2D eigenvalue weighted by atomic mass is 16.4. The second kappa shape index (κ2) is 11.3. The SMILES string of the molecule is CC(O)C(NC(=O)CNC(=O)C1CCCN1)C(=O)NC(Cc1ccccc1)C(=O)O. The highest BCUT2D eigenvalue weighted by molar-refractivity contribution is 5.93. The van der Waals surface area contributed by atoms with Crippen LogP contribution >= 0.6 is 0 Å². The van der Waals surface area contributed by atoms with Crippen LogP contribution in [0.5, 0.6) is 0 Å². The minimum Gasteiger partial charge on any atom is -0.480 e. The monoisotopic (exact) mass is 420 g/mol. The normalized spacial score (nSPS) is 18.7. The lowest BCUT2D eigenvalue weighted by molar-refractivity contribution is -0.142. The fraction of sp³-hybridized carbons (Fsp3) is 0.500. The van der Waals surface area contributed by atoms with Gasteiger partial charge in [-0.2, -0.15) is 0 Å². The topological polar surface area (TPSA) is 157 Å². The number of hydrogen-bond acceptors (Lipinski definition) is 6. The molecule has 4 atom stereocenters. The summed E-state index contributed by atoms with van der Waals surface area (Å²) in [6.45, 7) is 1.68. The summed E-state index contributed by atoms with van der Waals surface area (Å²) >= 11 is 0. The first-order valence-corrected chi connectivity index (χ1v) is 9.83. The number of hydrogen-bond donors (Lipinski definition) is 6. The average Bonchev–Trinajstić information content (AvgIpc) is 3.25. The van der Waals surface area contributed by atoms with Crippen molar-refractivity contribution in [3.63, 3.8) is 0 Å². The van der Waals surface area contributed by atoms with Gasteiger partial charge in [0.2, 0.25) is 17.7 Å². The smallest absolute Gasteiger partial charge is 0.326 e. The Hall–Kier alpha value is -2.98. The number of carboxylic acid groups (broad SMARTS) is 1. The van der Waals surface area contributed by atoms with E-state index in [4.69, 9.17) is 0 Å². The van der Waals surface area contributed by atoms with Crippen molar-refractivity contribution in [1.29, 1.82) is 0 Å². The number of carboxylic acids is 1. The highest BCUT2D eigenvalue weighted by Gasteiger charge is 2.30. The summed E-state index contributed by atoms with van der Waals surface area (Å²) in [5.74, 6) is -3.04. The van der Waals surface area contributed by atoms with Gasteiger partial charge in [-0.3, -0.25) is 14.4 Å². The lowest BCUT2D eigenvalue weighted by atomic mass is 10.0. The van der Waals surface area contributed by atoms with E-state index in [9.17, 15) is 29.4 Å². The Morgan fingerprint density at radius 3 is 2.43 bits per heavy atom. The van der Waals surface area contributed by atoms with E-state index in [1.807, 2.05) is 0 Å². The van der Waals surface area contributed by atoms with Crippen molar-refractivity contribution in [2.45, 2.75) is 50.4 Å². The van der Waals surface area contributed by atoms with Crippen LogP contribution in [0, 0.1) is 0 Å². The molecule has 0 aromatic heterocycles.